The summed E-state index contributed by atoms with van der Waals surface area (Å²) in [4.78, 5) is 2.43. The van der Waals surface area contributed by atoms with Crippen LogP contribution in [0.5, 0.6) is 0 Å². The van der Waals surface area contributed by atoms with Crippen molar-refractivity contribution in [3.05, 3.63) is 0 Å². The molecule has 0 atom stereocenters. The Bertz CT molecular complexity index is 174. The maximum absolute atomic E-state index is 3.69. The molecule has 3 heteroatoms. The number of nitrogens with zero attached hydrogens (tertiary/aromatic N) is 1. The minimum Gasteiger partial charge on any atom is -0.313 e. The summed E-state index contributed by atoms with van der Waals surface area (Å²) in [5.41, 5.74) is 0. The van der Waals surface area contributed by atoms with Crippen molar-refractivity contribution in [1.82, 2.24) is 10.2 Å². The number of thioether (sulfide) groups is 1. The van der Waals surface area contributed by atoms with Crippen molar-refractivity contribution in [3.8, 4) is 0 Å². The van der Waals surface area contributed by atoms with Crippen LogP contribution < -0.4 is 5.32 Å². The number of likely N-dealkylation sites (tertiary alicyclic amines) is 1. The zero-order valence-corrected chi connectivity index (χ0v) is 10.7. The molecule has 0 aromatic carbocycles. The van der Waals surface area contributed by atoms with Crippen LogP contribution >= 0.6 is 11.8 Å². The Labute approximate surface area is 98.2 Å². The molecule has 1 N–H and O–H groups in total. The van der Waals surface area contributed by atoms with Crippen LogP contribution in [0.15, 0.2) is 0 Å². The second-order valence-corrected chi connectivity index (χ2v) is 6.20. The van der Waals surface area contributed by atoms with Crippen molar-refractivity contribution in [1.29, 1.82) is 0 Å². The summed E-state index contributed by atoms with van der Waals surface area (Å²) >= 11 is 2.14. The van der Waals surface area contributed by atoms with E-state index in [-0.39, 0.29) is 0 Å². The van der Waals surface area contributed by atoms with Crippen LogP contribution in [0.3, 0.4) is 0 Å². The third-order valence-electron chi connectivity index (χ3n) is 3.45. The fourth-order valence-electron chi connectivity index (χ4n) is 2.08. The lowest BCUT2D eigenvalue weighted by Gasteiger charge is -2.29. The lowest BCUT2D eigenvalue weighted by Crippen LogP contribution is -2.41. The second-order valence-electron chi connectivity index (χ2n) is 5.05. The van der Waals surface area contributed by atoms with Crippen LogP contribution in [0.4, 0.5) is 0 Å². The fraction of sp³-hybridized carbons (Fsp3) is 1.00. The van der Waals surface area contributed by atoms with Gasteiger partial charge in [0, 0.05) is 18.3 Å². The highest BCUT2D eigenvalue weighted by Gasteiger charge is 2.20. The van der Waals surface area contributed by atoms with Crippen LogP contribution in [0.1, 0.15) is 25.7 Å². The van der Waals surface area contributed by atoms with Gasteiger partial charge in [0.25, 0.3) is 0 Å². The molecular weight excluding hydrogens is 204 g/mol. The summed E-state index contributed by atoms with van der Waals surface area (Å²) in [6, 6.07) is 0.794. The first kappa shape index (κ1) is 11.7. The topological polar surface area (TPSA) is 15.3 Å². The first-order chi connectivity index (χ1) is 7.34. The standard InChI is InChI=1S/C12H24N2S/c1-14-7-4-12(5-8-14)13-6-9-15-10-11-2-3-11/h11-13H,2-10H2,1H3. The molecular formula is C12H24N2S. The van der Waals surface area contributed by atoms with E-state index in [4.69, 9.17) is 0 Å². The molecule has 0 unspecified atom stereocenters. The highest BCUT2D eigenvalue weighted by Crippen LogP contribution is 2.32. The van der Waals surface area contributed by atoms with E-state index in [1.807, 2.05) is 0 Å². The summed E-state index contributed by atoms with van der Waals surface area (Å²) < 4.78 is 0. The molecule has 1 aliphatic heterocycles. The van der Waals surface area contributed by atoms with Crippen molar-refractivity contribution < 1.29 is 0 Å². The maximum atomic E-state index is 3.69. The van der Waals surface area contributed by atoms with Crippen molar-refractivity contribution in [2.45, 2.75) is 31.7 Å². The molecule has 0 bridgehead atoms. The zero-order valence-electron chi connectivity index (χ0n) is 9.87. The van der Waals surface area contributed by atoms with E-state index in [0.29, 0.717) is 0 Å². The van der Waals surface area contributed by atoms with E-state index < -0.39 is 0 Å². The van der Waals surface area contributed by atoms with Gasteiger partial charge in [0.1, 0.15) is 0 Å². The van der Waals surface area contributed by atoms with E-state index >= 15 is 0 Å². The second kappa shape index (κ2) is 6.12. The molecule has 1 heterocycles. The smallest absolute Gasteiger partial charge is 0.00917 e. The highest BCUT2D eigenvalue weighted by molar-refractivity contribution is 7.99. The van der Waals surface area contributed by atoms with Gasteiger partial charge in [0.15, 0.2) is 0 Å². The third kappa shape index (κ3) is 4.75. The van der Waals surface area contributed by atoms with Crippen molar-refractivity contribution in [2.75, 3.05) is 38.2 Å². The Morgan fingerprint density at radius 2 is 1.93 bits per heavy atom. The molecule has 0 aromatic heterocycles. The van der Waals surface area contributed by atoms with Crippen LogP contribution in [-0.2, 0) is 0 Å². The van der Waals surface area contributed by atoms with E-state index in [9.17, 15) is 0 Å². The number of rotatable bonds is 6. The minimum atomic E-state index is 0.794. The monoisotopic (exact) mass is 228 g/mol. The van der Waals surface area contributed by atoms with Gasteiger partial charge in [0.05, 0.1) is 0 Å². The molecule has 2 rings (SSSR count). The van der Waals surface area contributed by atoms with Gasteiger partial charge in [-0.15, -0.1) is 0 Å². The summed E-state index contributed by atoms with van der Waals surface area (Å²) in [5.74, 6) is 3.80. The number of hydrogen-bond acceptors (Lipinski definition) is 3. The van der Waals surface area contributed by atoms with Crippen LogP contribution in [-0.4, -0.2) is 49.1 Å². The predicted molar refractivity (Wildman–Crippen MR) is 68.6 cm³/mol. The van der Waals surface area contributed by atoms with Gasteiger partial charge in [-0.25, -0.2) is 0 Å². The first-order valence-electron chi connectivity index (χ1n) is 6.34. The number of piperidine rings is 1. The Kier molecular flexibility index (Phi) is 4.79. The Hall–Kier alpha value is 0.270. The van der Waals surface area contributed by atoms with Crippen molar-refractivity contribution in [3.63, 3.8) is 0 Å². The Morgan fingerprint density at radius 3 is 2.60 bits per heavy atom. The molecule has 2 fully saturated rings. The highest BCUT2D eigenvalue weighted by atomic mass is 32.2. The fourth-order valence-corrected chi connectivity index (χ4v) is 3.18. The molecule has 1 saturated carbocycles. The van der Waals surface area contributed by atoms with Gasteiger partial charge >= 0.3 is 0 Å². The van der Waals surface area contributed by atoms with Crippen LogP contribution in [0, 0.1) is 5.92 Å². The van der Waals surface area contributed by atoms with Crippen LogP contribution in [0.25, 0.3) is 0 Å². The molecule has 15 heavy (non-hydrogen) atoms. The minimum absolute atomic E-state index is 0.794. The van der Waals surface area contributed by atoms with Gasteiger partial charge in [0.2, 0.25) is 0 Å². The van der Waals surface area contributed by atoms with E-state index in [0.717, 1.165) is 12.0 Å². The molecule has 2 aliphatic rings. The number of nitrogens with one attached hydrogen (secondary N) is 1. The van der Waals surface area contributed by atoms with Crippen LogP contribution in [0.2, 0.25) is 0 Å². The van der Waals surface area contributed by atoms with E-state index in [2.05, 4.69) is 29.0 Å². The average Bonchev–Trinajstić information content (AvgIpc) is 3.04. The lowest BCUT2D eigenvalue weighted by molar-refractivity contribution is 0.237. The molecule has 1 aliphatic carbocycles. The van der Waals surface area contributed by atoms with Crippen molar-refractivity contribution >= 4 is 11.8 Å². The summed E-state index contributed by atoms with van der Waals surface area (Å²) in [7, 11) is 2.22. The summed E-state index contributed by atoms with van der Waals surface area (Å²) in [6.07, 6.45) is 5.67. The molecule has 0 radical (unpaired) electrons. The molecule has 1 saturated heterocycles. The Morgan fingerprint density at radius 1 is 1.20 bits per heavy atom. The average molecular weight is 228 g/mol. The normalized spacial score (nSPS) is 24.6. The largest absolute Gasteiger partial charge is 0.313 e. The van der Waals surface area contributed by atoms with Gasteiger partial charge in [-0.2, -0.15) is 11.8 Å². The molecule has 88 valence electrons. The molecule has 0 aromatic rings. The SMILES string of the molecule is CN1CCC(NCCSCC2CC2)CC1. The summed E-state index contributed by atoms with van der Waals surface area (Å²) in [5, 5.41) is 3.69. The first-order valence-corrected chi connectivity index (χ1v) is 7.50. The third-order valence-corrected chi connectivity index (χ3v) is 4.65. The quantitative estimate of drug-likeness (QED) is 0.698. The van der Waals surface area contributed by atoms with Gasteiger partial charge in [-0.1, -0.05) is 0 Å². The van der Waals surface area contributed by atoms with E-state index in [1.165, 1.54) is 56.8 Å². The predicted octanol–water partition coefficient (Wildman–Crippen LogP) is 1.81. The van der Waals surface area contributed by atoms with Gasteiger partial charge in [-0.05, 0) is 57.5 Å². The van der Waals surface area contributed by atoms with Gasteiger partial charge < -0.3 is 10.2 Å². The van der Waals surface area contributed by atoms with E-state index in [1.54, 1.807) is 0 Å². The van der Waals surface area contributed by atoms with Gasteiger partial charge in [-0.3, -0.25) is 0 Å². The van der Waals surface area contributed by atoms with Crippen molar-refractivity contribution in [2.24, 2.45) is 5.92 Å². The molecule has 2 nitrogen and oxygen atoms in total. The molecule has 0 spiro atoms. The summed E-state index contributed by atoms with van der Waals surface area (Å²) in [6.45, 7) is 3.76. The number of hydrogen-bond donors (Lipinski definition) is 1. The maximum Gasteiger partial charge on any atom is 0.00917 e. The molecule has 0 amide bonds. The lowest BCUT2D eigenvalue weighted by atomic mass is 10.1. The Balaban J connectivity index is 1.43. The zero-order chi connectivity index (χ0) is 10.5.